The second-order valence-electron chi connectivity index (χ2n) is 7.78. The molecule has 1 atom stereocenters. The zero-order valence-electron chi connectivity index (χ0n) is 16.2. The normalized spacial score (nSPS) is 23.1. The molecule has 0 bridgehead atoms. The third kappa shape index (κ3) is 4.42. The van der Waals surface area contributed by atoms with Gasteiger partial charge in [0.05, 0.1) is 6.26 Å². The summed E-state index contributed by atoms with van der Waals surface area (Å²) in [6, 6.07) is 3.74. The quantitative estimate of drug-likeness (QED) is 0.754. The Labute approximate surface area is 166 Å². The first kappa shape index (κ1) is 19.5. The maximum atomic E-state index is 12.1. The first-order valence-corrected chi connectivity index (χ1v) is 11.8. The predicted molar refractivity (Wildman–Crippen MR) is 104 cm³/mol. The number of rotatable bonds is 5. The van der Waals surface area contributed by atoms with Crippen molar-refractivity contribution < 1.29 is 12.8 Å². The highest BCUT2D eigenvalue weighted by Crippen LogP contribution is 2.34. The van der Waals surface area contributed by atoms with Gasteiger partial charge in [0.15, 0.2) is 0 Å². The van der Waals surface area contributed by atoms with Gasteiger partial charge in [-0.15, -0.1) is 10.2 Å². The van der Waals surface area contributed by atoms with Crippen molar-refractivity contribution in [1.82, 2.24) is 24.4 Å². The maximum Gasteiger partial charge on any atom is 0.234 e. The van der Waals surface area contributed by atoms with E-state index in [-0.39, 0.29) is 12.0 Å². The fourth-order valence-corrected chi connectivity index (χ4v) is 5.30. The smallest absolute Gasteiger partial charge is 0.234 e. The molecule has 0 aliphatic carbocycles. The van der Waals surface area contributed by atoms with Crippen LogP contribution in [0.2, 0.25) is 0 Å². The van der Waals surface area contributed by atoms with E-state index in [4.69, 9.17) is 4.42 Å². The lowest BCUT2D eigenvalue weighted by molar-refractivity contribution is 0.184. The number of hydrogen-bond donors (Lipinski definition) is 0. The zero-order chi connectivity index (χ0) is 19.6. The highest BCUT2D eigenvalue weighted by Gasteiger charge is 2.35. The molecular weight excluding hydrogens is 378 g/mol. The SMILES string of the molecule is CS(=O)(=O)N1CCCC[C@H]1c1nnc(C2CCN(Cc3cccnc3)CC2)o1. The van der Waals surface area contributed by atoms with Gasteiger partial charge in [-0.1, -0.05) is 12.5 Å². The molecule has 0 saturated carbocycles. The fourth-order valence-electron chi connectivity index (χ4n) is 4.18. The Balaban J connectivity index is 1.38. The van der Waals surface area contributed by atoms with Gasteiger partial charge in [-0.05, 0) is 50.4 Å². The molecule has 0 radical (unpaired) electrons. The molecule has 0 aromatic carbocycles. The monoisotopic (exact) mass is 405 g/mol. The van der Waals surface area contributed by atoms with Crippen LogP contribution in [-0.4, -0.2) is 58.7 Å². The molecule has 0 spiro atoms. The minimum Gasteiger partial charge on any atom is -0.423 e. The summed E-state index contributed by atoms with van der Waals surface area (Å²) in [6.45, 7) is 3.36. The standard InChI is InChI=1S/C19H27N5O3S/c1-28(25,26)24-10-3-2-6-17(24)19-22-21-18(27-19)16-7-11-23(12-8-16)14-15-5-4-9-20-13-15/h4-5,9,13,16-17H,2-3,6-8,10-12,14H2,1H3/t17-/m0/s1. The van der Waals surface area contributed by atoms with E-state index >= 15 is 0 Å². The fraction of sp³-hybridized carbons (Fsp3) is 0.632. The van der Waals surface area contributed by atoms with Crippen LogP contribution in [0.25, 0.3) is 0 Å². The van der Waals surface area contributed by atoms with Crippen molar-refractivity contribution >= 4 is 10.0 Å². The van der Waals surface area contributed by atoms with Crippen molar-refractivity contribution in [2.45, 2.75) is 50.6 Å². The Kier molecular flexibility index (Phi) is 5.75. The molecule has 2 aromatic rings. The van der Waals surface area contributed by atoms with E-state index in [1.807, 2.05) is 12.3 Å². The zero-order valence-corrected chi connectivity index (χ0v) is 17.0. The van der Waals surface area contributed by atoms with Crippen LogP contribution in [0.3, 0.4) is 0 Å². The molecule has 2 aliphatic rings. The van der Waals surface area contributed by atoms with Gasteiger partial charge in [-0.2, -0.15) is 4.31 Å². The first-order chi connectivity index (χ1) is 13.5. The highest BCUT2D eigenvalue weighted by atomic mass is 32.2. The lowest BCUT2D eigenvalue weighted by atomic mass is 9.96. The molecule has 2 aromatic heterocycles. The van der Waals surface area contributed by atoms with Gasteiger partial charge in [0.25, 0.3) is 0 Å². The number of piperidine rings is 2. The number of sulfonamides is 1. The lowest BCUT2D eigenvalue weighted by Crippen LogP contribution is -2.37. The third-order valence-corrected chi connectivity index (χ3v) is 6.98. The van der Waals surface area contributed by atoms with Crippen LogP contribution in [0.1, 0.15) is 61.4 Å². The average molecular weight is 406 g/mol. The third-order valence-electron chi connectivity index (χ3n) is 5.69. The van der Waals surface area contributed by atoms with Crippen molar-refractivity contribution in [3.05, 3.63) is 41.9 Å². The molecule has 9 heteroatoms. The van der Waals surface area contributed by atoms with E-state index in [0.717, 1.165) is 51.7 Å². The lowest BCUT2D eigenvalue weighted by Gasteiger charge is -2.31. The molecule has 4 heterocycles. The molecule has 0 unspecified atom stereocenters. The van der Waals surface area contributed by atoms with Gasteiger partial charge in [-0.3, -0.25) is 9.88 Å². The topological polar surface area (TPSA) is 92.4 Å². The minimum absolute atomic E-state index is 0.238. The van der Waals surface area contributed by atoms with Gasteiger partial charge in [0, 0.05) is 31.4 Å². The van der Waals surface area contributed by atoms with Crippen LogP contribution >= 0.6 is 0 Å². The van der Waals surface area contributed by atoms with Gasteiger partial charge < -0.3 is 4.42 Å². The number of nitrogens with zero attached hydrogens (tertiary/aromatic N) is 5. The number of likely N-dealkylation sites (tertiary alicyclic amines) is 1. The number of pyridine rings is 1. The number of hydrogen-bond acceptors (Lipinski definition) is 7. The number of aromatic nitrogens is 3. The largest absolute Gasteiger partial charge is 0.423 e. The van der Waals surface area contributed by atoms with Crippen LogP contribution < -0.4 is 0 Å². The molecule has 0 amide bonds. The Morgan fingerprint density at radius 3 is 2.61 bits per heavy atom. The second kappa shape index (κ2) is 8.26. The minimum atomic E-state index is -3.28. The molecule has 2 aliphatic heterocycles. The van der Waals surface area contributed by atoms with E-state index in [0.29, 0.717) is 18.3 Å². The van der Waals surface area contributed by atoms with Gasteiger partial charge in [0.1, 0.15) is 6.04 Å². The van der Waals surface area contributed by atoms with E-state index in [2.05, 4.69) is 26.1 Å². The molecule has 4 rings (SSSR count). The second-order valence-corrected chi connectivity index (χ2v) is 9.71. The van der Waals surface area contributed by atoms with Crippen LogP contribution in [0.15, 0.2) is 28.9 Å². The molecule has 2 fully saturated rings. The molecule has 28 heavy (non-hydrogen) atoms. The maximum absolute atomic E-state index is 12.1. The van der Waals surface area contributed by atoms with Crippen LogP contribution in [0, 0.1) is 0 Å². The highest BCUT2D eigenvalue weighted by molar-refractivity contribution is 7.88. The summed E-state index contributed by atoms with van der Waals surface area (Å²) >= 11 is 0. The van der Waals surface area contributed by atoms with Crippen molar-refractivity contribution in [3.8, 4) is 0 Å². The summed E-state index contributed by atoms with van der Waals surface area (Å²) < 4.78 is 31.7. The molecule has 152 valence electrons. The van der Waals surface area contributed by atoms with Crippen molar-refractivity contribution in [2.75, 3.05) is 25.9 Å². The molecule has 0 N–H and O–H groups in total. The Hall–Kier alpha value is -1.84. The van der Waals surface area contributed by atoms with E-state index < -0.39 is 10.0 Å². The summed E-state index contributed by atoms with van der Waals surface area (Å²) in [4.78, 5) is 6.59. The Morgan fingerprint density at radius 1 is 1.11 bits per heavy atom. The molecular formula is C19H27N5O3S. The molecule has 8 nitrogen and oxygen atoms in total. The average Bonchev–Trinajstić information content (AvgIpc) is 3.19. The van der Waals surface area contributed by atoms with Crippen molar-refractivity contribution in [2.24, 2.45) is 0 Å². The van der Waals surface area contributed by atoms with Crippen LogP contribution in [0.4, 0.5) is 0 Å². The first-order valence-electron chi connectivity index (χ1n) is 9.92. The van der Waals surface area contributed by atoms with E-state index in [1.54, 1.807) is 6.20 Å². The summed E-state index contributed by atoms with van der Waals surface area (Å²) in [7, 11) is -3.28. The van der Waals surface area contributed by atoms with E-state index in [1.165, 1.54) is 16.1 Å². The van der Waals surface area contributed by atoms with E-state index in [9.17, 15) is 8.42 Å². The predicted octanol–water partition coefficient (Wildman–Crippen LogP) is 2.33. The Morgan fingerprint density at radius 2 is 1.89 bits per heavy atom. The summed E-state index contributed by atoms with van der Waals surface area (Å²) in [5.74, 6) is 1.33. The van der Waals surface area contributed by atoms with Gasteiger partial charge >= 0.3 is 0 Å². The molecule has 2 saturated heterocycles. The van der Waals surface area contributed by atoms with Crippen molar-refractivity contribution in [1.29, 1.82) is 0 Å². The Bertz CT molecular complexity index is 878. The van der Waals surface area contributed by atoms with Gasteiger partial charge in [0.2, 0.25) is 21.8 Å². The van der Waals surface area contributed by atoms with Crippen molar-refractivity contribution in [3.63, 3.8) is 0 Å². The summed E-state index contributed by atoms with van der Waals surface area (Å²) in [5.41, 5.74) is 1.22. The van der Waals surface area contributed by atoms with Gasteiger partial charge in [-0.25, -0.2) is 8.42 Å². The summed E-state index contributed by atoms with van der Waals surface area (Å²) in [5, 5.41) is 8.49. The summed E-state index contributed by atoms with van der Waals surface area (Å²) in [6.07, 6.45) is 9.46. The van der Waals surface area contributed by atoms with Crippen LogP contribution in [0.5, 0.6) is 0 Å². The van der Waals surface area contributed by atoms with Crippen LogP contribution in [-0.2, 0) is 16.6 Å².